The average molecular weight is 367 g/mol. The zero-order valence-electron chi connectivity index (χ0n) is 15.7. The van der Waals surface area contributed by atoms with Crippen LogP contribution in [0.4, 0.5) is 0 Å². The number of carbonyl (C=O) groups excluding carboxylic acids is 2. The summed E-state index contributed by atoms with van der Waals surface area (Å²) in [6, 6.07) is 0. The first kappa shape index (κ1) is 19.6. The fourth-order valence-electron chi connectivity index (χ4n) is 4.10. The molecule has 0 radical (unpaired) electrons. The van der Waals surface area contributed by atoms with Gasteiger partial charge in [-0.2, -0.15) is 0 Å². The molecule has 3 rings (SSSR count). The van der Waals surface area contributed by atoms with Crippen LogP contribution >= 0.6 is 0 Å². The largest absolute Gasteiger partial charge is 0.376 e. The Morgan fingerprint density at radius 3 is 2.15 bits per heavy atom. The topological polar surface area (TPSA) is 88.7 Å². The summed E-state index contributed by atoms with van der Waals surface area (Å²) in [5.74, 6) is -0.0901. The van der Waals surface area contributed by atoms with Gasteiger partial charge in [0.05, 0.1) is 17.6 Å². The van der Waals surface area contributed by atoms with Gasteiger partial charge in [-0.1, -0.05) is 0 Å². The van der Waals surface area contributed by atoms with Crippen molar-refractivity contribution in [2.24, 2.45) is 5.41 Å². The van der Waals surface area contributed by atoms with Crippen molar-refractivity contribution in [3.8, 4) is 0 Å². The summed E-state index contributed by atoms with van der Waals surface area (Å²) in [4.78, 5) is 25.3. The maximum atomic E-state index is 12.8. The van der Waals surface area contributed by atoms with Crippen LogP contribution in [0.15, 0.2) is 0 Å². The van der Waals surface area contributed by atoms with Crippen LogP contribution in [0.1, 0.15) is 51.4 Å². The van der Waals surface area contributed by atoms with Gasteiger partial charge in [-0.15, -0.1) is 0 Å². The van der Waals surface area contributed by atoms with Gasteiger partial charge in [0.1, 0.15) is 0 Å². The second kappa shape index (κ2) is 9.67. The Hall–Kier alpha value is -1.18. The second-order valence-electron chi connectivity index (χ2n) is 7.88. The second-order valence-corrected chi connectivity index (χ2v) is 7.88. The Morgan fingerprint density at radius 1 is 0.962 bits per heavy atom. The van der Waals surface area contributed by atoms with Crippen LogP contribution < -0.4 is 16.0 Å². The standard InChI is InChI=1S/C19H33N3O4/c23-17(21-12-15-5-1-3-9-25-15)11-19(7-8-20-14-19)18(24)22-13-16-6-2-4-10-26-16/h15-16,20H,1-14H2,(H,21,23)(H,22,24). The van der Waals surface area contributed by atoms with Crippen LogP contribution in [0.25, 0.3) is 0 Å². The molecule has 3 N–H and O–H groups in total. The Bertz CT molecular complexity index is 467. The number of hydrogen-bond donors (Lipinski definition) is 3. The van der Waals surface area contributed by atoms with Crippen molar-refractivity contribution in [3.05, 3.63) is 0 Å². The minimum Gasteiger partial charge on any atom is -0.376 e. The quantitative estimate of drug-likeness (QED) is 0.617. The molecule has 3 unspecified atom stereocenters. The molecule has 3 atom stereocenters. The van der Waals surface area contributed by atoms with Gasteiger partial charge < -0.3 is 25.4 Å². The Balaban J connectivity index is 1.46. The lowest BCUT2D eigenvalue weighted by Crippen LogP contribution is -2.48. The van der Waals surface area contributed by atoms with Crippen LogP contribution in [0.2, 0.25) is 0 Å². The SMILES string of the molecule is O=C(CC1(C(=O)NCC2CCCCO2)CCNC1)NCC1CCCCO1. The summed E-state index contributed by atoms with van der Waals surface area (Å²) in [7, 11) is 0. The van der Waals surface area contributed by atoms with E-state index in [1.54, 1.807) is 0 Å². The van der Waals surface area contributed by atoms with Gasteiger partial charge in [0.25, 0.3) is 0 Å². The molecule has 148 valence electrons. The minimum absolute atomic E-state index is 0.0271. The van der Waals surface area contributed by atoms with Crippen molar-refractivity contribution in [1.29, 1.82) is 0 Å². The van der Waals surface area contributed by atoms with E-state index in [1.165, 1.54) is 0 Å². The third-order valence-corrected chi connectivity index (χ3v) is 5.79. The molecule has 0 aromatic carbocycles. The number of nitrogens with one attached hydrogen (secondary N) is 3. The highest BCUT2D eigenvalue weighted by molar-refractivity contribution is 5.89. The highest BCUT2D eigenvalue weighted by atomic mass is 16.5. The lowest BCUT2D eigenvalue weighted by atomic mass is 9.82. The van der Waals surface area contributed by atoms with Crippen molar-refractivity contribution in [2.45, 2.75) is 63.6 Å². The van der Waals surface area contributed by atoms with Gasteiger partial charge >= 0.3 is 0 Å². The maximum Gasteiger partial charge on any atom is 0.228 e. The number of rotatable bonds is 7. The summed E-state index contributed by atoms with van der Waals surface area (Å²) in [5.41, 5.74) is -0.647. The molecule has 0 aromatic heterocycles. The summed E-state index contributed by atoms with van der Waals surface area (Å²) >= 11 is 0. The van der Waals surface area contributed by atoms with Crippen LogP contribution in [0.5, 0.6) is 0 Å². The lowest BCUT2D eigenvalue weighted by molar-refractivity contribution is -0.136. The smallest absolute Gasteiger partial charge is 0.228 e. The van der Waals surface area contributed by atoms with E-state index in [-0.39, 0.29) is 30.4 Å². The summed E-state index contributed by atoms with van der Waals surface area (Å²) < 4.78 is 11.3. The monoisotopic (exact) mass is 367 g/mol. The summed E-state index contributed by atoms with van der Waals surface area (Å²) in [6.45, 7) is 3.96. The fourth-order valence-corrected chi connectivity index (χ4v) is 4.10. The van der Waals surface area contributed by atoms with Gasteiger partial charge in [0.2, 0.25) is 11.8 Å². The highest BCUT2D eigenvalue weighted by Crippen LogP contribution is 2.30. The van der Waals surface area contributed by atoms with Crippen LogP contribution in [-0.4, -0.2) is 63.4 Å². The van der Waals surface area contributed by atoms with Crippen molar-refractivity contribution < 1.29 is 19.1 Å². The molecule has 3 fully saturated rings. The maximum absolute atomic E-state index is 12.8. The molecule has 7 nitrogen and oxygen atoms in total. The molecular weight excluding hydrogens is 334 g/mol. The van der Waals surface area contributed by atoms with Crippen molar-refractivity contribution >= 4 is 11.8 Å². The van der Waals surface area contributed by atoms with E-state index in [0.29, 0.717) is 26.1 Å². The first-order valence-electron chi connectivity index (χ1n) is 10.2. The van der Waals surface area contributed by atoms with E-state index in [1.807, 2.05) is 0 Å². The first-order valence-corrected chi connectivity index (χ1v) is 10.2. The molecule has 0 saturated carbocycles. The molecular formula is C19H33N3O4. The van der Waals surface area contributed by atoms with E-state index in [2.05, 4.69) is 16.0 Å². The fraction of sp³-hybridized carbons (Fsp3) is 0.895. The number of hydrogen-bond acceptors (Lipinski definition) is 5. The van der Waals surface area contributed by atoms with Gasteiger partial charge in [0.15, 0.2) is 0 Å². The van der Waals surface area contributed by atoms with E-state index in [9.17, 15) is 9.59 Å². The minimum atomic E-state index is -0.647. The van der Waals surface area contributed by atoms with Crippen molar-refractivity contribution in [2.75, 3.05) is 39.4 Å². The molecule has 3 aliphatic heterocycles. The molecule has 3 aliphatic rings. The van der Waals surface area contributed by atoms with E-state index in [0.717, 1.165) is 58.3 Å². The molecule has 7 heteroatoms. The number of amides is 2. The molecule has 26 heavy (non-hydrogen) atoms. The van der Waals surface area contributed by atoms with Gasteiger partial charge in [-0.3, -0.25) is 9.59 Å². The van der Waals surface area contributed by atoms with E-state index < -0.39 is 5.41 Å². The van der Waals surface area contributed by atoms with Gasteiger partial charge in [0, 0.05) is 39.3 Å². The molecule has 2 amide bonds. The Morgan fingerprint density at radius 2 is 1.62 bits per heavy atom. The van der Waals surface area contributed by atoms with E-state index >= 15 is 0 Å². The zero-order valence-corrected chi connectivity index (χ0v) is 15.7. The predicted octanol–water partition coefficient (Wildman–Crippen LogP) is 0.727. The Labute approximate surface area is 155 Å². The number of ether oxygens (including phenoxy) is 2. The Kier molecular flexibility index (Phi) is 7.28. The normalized spacial score (nSPS) is 32.2. The molecule has 0 aromatic rings. The van der Waals surface area contributed by atoms with Crippen LogP contribution in [-0.2, 0) is 19.1 Å². The zero-order chi connectivity index (χ0) is 18.2. The van der Waals surface area contributed by atoms with Crippen molar-refractivity contribution in [1.82, 2.24) is 16.0 Å². The molecule has 3 saturated heterocycles. The molecule has 3 heterocycles. The third kappa shape index (κ3) is 5.41. The molecule has 0 bridgehead atoms. The lowest BCUT2D eigenvalue weighted by Gasteiger charge is -2.29. The highest BCUT2D eigenvalue weighted by Gasteiger charge is 2.43. The van der Waals surface area contributed by atoms with Gasteiger partial charge in [-0.25, -0.2) is 0 Å². The number of carbonyl (C=O) groups is 2. The summed E-state index contributed by atoms with van der Waals surface area (Å²) in [6.07, 6.45) is 7.63. The summed E-state index contributed by atoms with van der Waals surface area (Å²) in [5, 5.41) is 9.25. The molecule has 0 aliphatic carbocycles. The first-order chi connectivity index (χ1) is 12.7. The third-order valence-electron chi connectivity index (χ3n) is 5.79. The van der Waals surface area contributed by atoms with Gasteiger partial charge in [-0.05, 0) is 51.5 Å². The van der Waals surface area contributed by atoms with Crippen LogP contribution in [0.3, 0.4) is 0 Å². The van der Waals surface area contributed by atoms with E-state index in [4.69, 9.17) is 9.47 Å². The predicted molar refractivity (Wildman–Crippen MR) is 97.7 cm³/mol. The molecule has 0 spiro atoms. The average Bonchev–Trinajstić information content (AvgIpc) is 3.16. The van der Waals surface area contributed by atoms with Crippen LogP contribution in [0, 0.1) is 5.41 Å². The van der Waals surface area contributed by atoms with Crippen molar-refractivity contribution in [3.63, 3.8) is 0 Å².